The summed E-state index contributed by atoms with van der Waals surface area (Å²) in [5.41, 5.74) is 6.58. The number of nitrogens with two attached hydrogens (primary N) is 1. The lowest BCUT2D eigenvalue weighted by Gasteiger charge is -2.22. The molecule has 1 saturated carbocycles. The lowest BCUT2D eigenvalue weighted by molar-refractivity contribution is 0.0774. The highest BCUT2D eigenvalue weighted by Gasteiger charge is 2.29. The second-order valence-electron chi connectivity index (χ2n) is 5.55. The van der Waals surface area contributed by atoms with Crippen LogP contribution in [0.4, 0.5) is 0 Å². The van der Waals surface area contributed by atoms with Crippen molar-refractivity contribution in [1.82, 2.24) is 9.29 Å². The Morgan fingerprint density at radius 3 is 2.80 bits per heavy atom. The summed E-state index contributed by atoms with van der Waals surface area (Å²) in [6, 6.07) is 1.99. The van der Waals surface area contributed by atoms with E-state index in [1.807, 2.05) is 4.57 Å². The fourth-order valence-electron chi connectivity index (χ4n) is 2.62. The van der Waals surface area contributed by atoms with Gasteiger partial charge in [0.1, 0.15) is 0 Å². The van der Waals surface area contributed by atoms with Gasteiger partial charge in [0.25, 0.3) is 0 Å². The molecule has 3 rings (SSSR count). The van der Waals surface area contributed by atoms with Crippen LogP contribution in [0.1, 0.15) is 37.4 Å². The number of hydrogen-bond donors (Lipinski definition) is 2. The van der Waals surface area contributed by atoms with Crippen molar-refractivity contribution in [2.24, 2.45) is 5.73 Å². The summed E-state index contributed by atoms with van der Waals surface area (Å²) >= 11 is 0. The standard InChI is InChI=1S/C13H21N3O3S/c14-7-12-6-13(8-16(12)11-3-4-11)20(17,18)15-10-2-1-5-19-9-10/h6,8,10-11,15H,1-5,7,9,14H2. The molecule has 0 aromatic carbocycles. The zero-order valence-electron chi connectivity index (χ0n) is 11.4. The lowest BCUT2D eigenvalue weighted by Crippen LogP contribution is -2.40. The minimum absolute atomic E-state index is 0.126. The average Bonchev–Trinajstić information content (AvgIpc) is 3.18. The molecule has 0 amide bonds. The van der Waals surface area contributed by atoms with Gasteiger partial charge < -0.3 is 15.0 Å². The maximum absolute atomic E-state index is 12.4. The van der Waals surface area contributed by atoms with E-state index < -0.39 is 10.0 Å². The zero-order chi connectivity index (χ0) is 14.2. The van der Waals surface area contributed by atoms with Gasteiger partial charge in [-0.15, -0.1) is 0 Å². The molecule has 1 aliphatic heterocycles. The summed E-state index contributed by atoms with van der Waals surface area (Å²) in [6.45, 7) is 1.53. The Kier molecular flexibility index (Phi) is 3.85. The minimum atomic E-state index is -3.48. The Morgan fingerprint density at radius 2 is 2.20 bits per heavy atom. The van der Waals surface area contributed by atoms with Gasteiger partial charge >= 0.3 is 0 Å². The maximum atomic E-state index is 12.4. The molecule has 1 aromatic heterocycles. The lowest BCUT2D eigenvalue weighted by atomic mass is 10.1. The number of nitrogens with zero attached hydrogens (tertiary/aromatic N) is 1. The summed E-state index contributed by atoms with van der Waals surface area (Å²) in [7, 11) is -3.48. The van der Waals surface area contributed by atoms with Gasteiger partial charge in [-0.05, 0) is 31.7 Å². The SMILES string of the molecule is NCc1cc(S(=O)(=O)NC2CCCOC2)cn1C1CC1. The second-order valence-corrected chi connectivity index (χ2v) is 7.26. The van der Waals surface area contributed by atoms with Gasteiger partial charge in [-0.25, -0.2) is 13.1 Å². The van der Waals surface area contributed by atoms with Crippen molar-refractivity contribution in [2.45, 2.75) is 49.2 Å². The van der Waals surface area contributed by atoms with Crippen molar-refractivity contribution in [3.63, 3.8) is 0 Å². The molecule has 0 bridgehead atoms. The highest BCUT2D eigenvalue weighted by Crippen LogP contribution is 2.37. The van der Waals surface area contributed by atoms with Crippen LogP contribution in [0.25, 0.3) is 0 Å². The van der Waals surface area contributed by atoms with Crippen LogP contribution in [-0.2, 0) is 21.3 Å². The Morgan fingerprint density at radius 1 is 1.40 bits per heavy atom. The molecular weight excluding hydrogens is 278 g/mol. The molecule has 1 atom stereocenters. The van der Waals surface area contributed by atoms with E-state index >= 15 is 0 Å². The third-order valence-corrected chi connectivity index (χ3v) is 5.34. The van der Waals surface area contributed by atoms with E-state index in [1.165, 1.54) is 0 Å². The quantitative estimate of drug-likeness (QED) is 0.839. The number of sulfonamides is 1. The Balaban J connectivity index is 1.79. The van der Waals surface area contributed by atoms with Crippen LogP contribution in [0, 0.1) is 0 Å². The molecule has 1 aliphatic carbocycles. The molecule has 7 heteroatoms. The number of rotatable bonds is 5. The van der Waals surface area contributed by atoms with Gasteiger partial charge in [-0.3, -0.25) is 0 Å². The predicted molar refractivity (Wildman–Crippen MR) is 74.8 cm³/mol. The first kappa shape index (κ1) is 14.1. The average molecular weight is 299 g/mol. The van der Waals surface area contributed by atoms with Gasteiger partial charge in [0.2, 0.25) is 10.0 Å². The van der Waals surface area contributed by atoms with Gasteiger partial charge in [0.15, 0.2) is 0 Å². The Bertz CT molecular complexity index is 572. The van der Waals surface area contributed by atoms with E-state index in [2.05, 4.69) is 4.72 Å². The third kappa shape index (κ3) is 2.90. The molecule has 0 spiro atoms. The smallest absolute Gasteiger partial charge is 0.242 e. The molecule has 1 saturated heterocycles. The van der Waals surface area contributed by atoms with Crippen LogP contribution in [0.15, 0.2) is 17.2 Å². The Labute approximate surface area is 119 Å². The fraction of sp³-hybridized carbons (Fsp3) is 0.692. The van der Waals surface area contributed by atoms with Crippen molar-refractivity contribution in [3.8, 4) is 0 Å². The van der Waals surface area contributed by atoms with E-state index in [4.69, 9.17) is 10.5 Å². The van der Waals surface area contributed by atoms with Crippen LogP contribution >= 0.6 is 0 Å². The van der Waals surface area contributed by atoms with Crippen molar-refractivity contribution >= 4 is 10.0 Å². The third-order valence-electron chi connectivity index (χ3n) is 3.85. The van der Waals surface area contributed by atoms with Crippen molar-refractivity contribution < 1.29 is 13.2 Å². The normalized spacial score (nSPS) is 23.9. The molecule has 2 heterocycles. The van der Waals surface area contributed by atoms with Crippen LogP contribution in [0.5, 0.6) is 0 Å². The summed E-state index contributed by atoms with van der Waals surface area (Å²) in [6.07, 6.45) is 5.64. The fourth-order valence-corrected chi connectivity index (χ4v) is 3.93. The molecule has 2 fully saturated rings. The zero-order valence-corrected chi connectivity index (χ0v) is 12.2. The first-order chi connectivity index (χ1) is 9.60. The molecule has 3 N–H and O–H groups in total. The largest absolute Gasteiger partial charge is 0.380 e. The van der Waals surface area contributed by atoms with E-state index in [1.54, 1.807) is 12.3 Å². The molecule has 0 radical (unpaired) electrons. The van der Waals surface area contributed by atoms with E-state index in [9.17, 15) is 8.42 Å². The molecule has 6 nitrogen and oxygen atoms in total. The number of nitrogens with one attached hydrogen (secondary N) is 1. The number of aromatic nitrogens is 1. The Hall–Kier alpha value is -0.890. The summed E-state index contributed by atoms with van der Waals surface area (Å²) in [5, 5.41) is 0. The second kappa shape index (κ2) is 5.48. The van der Waals surface area contributed by atoms with Crippen LogP contribution in [0.2, 0.25) is 0 Å². The van der Waals surface area contributed by atoms with Gasteiger partial charge in [-0.1, -0.05) is 0 Å². The molecule has 20 heavy (non-hydrogen) atoms. The van der Waals surface area contributed by atoms with E-state index in [0.29, 0.717) is 30.7 Å². The van der Waals surface area contributed by atoms with Gasteiger partial charge in [-0.2, -0.15) is 0 Å². The summed E-state index contributed by atoms with van der Waals surface area (Å²) in [5.74, 6) is 0. The van der Waals surface area contributed by atoms with E-state index in [-0.39, 0.29) is 6.04 Å². The highest BCUT2D eigenvalue weighted by atomic mass is 32.2. The van der Waals surface area contributed by atoms with Crippen LogP contribution in [-0.4, -0.2) is 32.2 Å². The van der Waals surface area contributed by atoms with Gasteiger partial charge in [0.05, 0.1) is 11.5 Å². The van der Waals surface area contributed by atoms with Crippen LogP contribution < -0.4 is 10.5 Å². The highest BCUT2D eigenvalue weighted by molar-refractivity contribution is 7.89. The molecule has 1 aromatic rings. The first-order valence-electron chi connectivity index (χ1n) is 7.11. The minimum Gasteiger partial charge on any atom is -0.380 e. The maximum Gasteiger partial charge on any atom is 0.242 e. The summed E-state index contributed by atoms with van der Waals surface area (Å²) in [4.78, 5) is 0.315. The monoisotopic (exact) mass is 299 g/mol. The molecular formula is C13H21N3O3S. The van der Waals surface area contributed by atoms with Crippen molar-refractivity contribution in [2.75, 3.05) is 13.2 Å². The molecule has 112 valence electrons. The van der Waals surface area contributed by atoms with Crippen molar-refractivity contribution in [1.29, 1.82) is 0 Å². The first-order valence-corrected chi connectivity index (χ1v) is 8.59. The van der Waals surface area contributed by atoms with Crippen LogP contribution in [0.3, 0.4) is 0 Å². The summed E-state index contributed by atoms with van der Waals surface area (Å²) < 4.78 is 34.9. The number of ether oxygens (including phenoxy) is 1. The molecule has 1 unspecified atom stereocenters. The number of hydrogen-bond acceptors (Lipinski definition) is 4. The van der Waals surface area contributed by atoms with Gasteiger partial charge in [0, 0.05) is 37.1 Å². The predicted octanol–water partition coefficient (Wildman–Crippen LogP) is 0.739. The molecule has 2 aliphatic rings. The van der Waals surface area contributed by atoms with Crippen molar-refractivity contribution in [3.05, 3.63) is 18.0 Å². The topological polar surface area (TPSA) is 86.3 Å². The van der Waals surface area contributed by atoms with E-state index in [0.717, 1.165) is 31.4 Å².